The number of thiazole rings is 1. The Morgan fingerprint density at radius 1 is 1.50 bits per heavy atom. The molecule has 0 bridgehead atoms. The van der Waals surface area contributed by atoms with Crippen molar-refractivity contribution in [2.45, 2.75) is 19.4 Å². The molecule has 3 nitrogen and oxygen atoms in total. The number of rotatable bonds is 6. The molecule has 1 heterocycles. The SMILES string of the molecule is OCCCCNCc1cncs1. The molecule has 4 heteroatoms. The number of hydrogen-bond donors (Lipinski definition) is 2. The number of aromatic nitrogens is 1. The highest BCUT2D eigenvalue weighted by Crippen LogP contribution is 2.03. The van der Waals surface area contributed by atoms with Crippen LogP contribution in [-0.2, 0) is 6.54 Å². The maximum atomic E-state index is 8.51. The van der Waals surface area contributed by atoms with Crippen molar-refractivity contribution < 1.29 is 5.11 Å². The molecule has 0 amide bonds. The smallest absolute Gasteiger partial charge is 0.0794 e. The van der Waals surface area contributed by atoms with Crippen molar-refractivity contribution in [2.75, 3.05) is 13.2 Å². The van der Waals surface area contributed by atoms with Crippen LogP contribution in [0.25, 0.3) is 0 Å². The third kappa shape index (κ3) is 3.80. The van der Waals surface area contributed by atoms with Crippen molar-refractivity contribution in [3.8, 4) is 0 Å². The van der Waals surface area contributed by atoms with Gasteiger partial charge in [-0.2, -0.15) is 0 Å². The van der Waals surface area contributed by atoms with Gasteiger partial charge < -0.3 is 10.4 Å². The summed E-state index contributed by atoms with van der Waals surface area (Å²) in [7, 11) is 0. The maximum Gasteiger partial charge on any atom is 0.0794 e. The maximum absolute atomic E-state index is 8.51. The van der Waals surface area contributed by atoms with Gasteiger partial charge in [0.15, 0.2) is 0 Å². The van der Waals surface area contributed by atoms with Gasteiger partial charge in [-0.25, -0.2) is 0 Å². The normalized spacial score (nSPS) is 10.4. The van der Waals surface area contributed by atoms with Crippen LogP contribution in [0.2, 0.25) is 0 Å². The first-order valence-electron chi connectivity index (χ1n) is 4.12. The van der Waals surface area contributed by atoms with Crippen LogP contribution in [0.5, 0.6) is 0 Å². The number of aliphatic hydroxyl groups is 1. The lowest BCUT2D eigenvalue weighted by Crippen LogP contribution is -2.14. The first kappa shape index (κ1) is 9.64. The van der Waals surface area contributed by atoms with E-state index in [1.165, 1.54) is 4.88 Å². The minimum Gasteiger partial charge on any atom is -0.396 e. The van der Waals surface area contributed by atoms with E-state index in [1.54, 1.807) is 11.3 Å². The molecule has 2 N–H and O–H groups in total. The second-order valence-electron chi connectivity index (χ2n) is 2.58. The van der Waals surface area contributed by atoms with Crippen molar-refractivity contribution >= 4 is 11.3 Å². The van der Waals surface area contributed by atoms with Gasteiger partial charge in [-0.05, 0) is 19.4 Å². The minimum absolute atomic E-state index is 0.294. The van der Waals surface area contributed by atoms with Crippen LogP contribution >= 0.6 is 11.3 Å². The molecule has 0 spiro atoms. The Morgan fingerprint density at radius 2 is 2.42 bits per heavy atom. The fourth-order valence-corrected chi connectivity index (χ4v) is 1.47. The van der Waals surface area contributed by atoms with Crippen molar-refractivity contribution in [1.29, 1.82) is 0 Å². The van der Waals surface area contributed by atoms with E-state index in [0.717, 1.165) is 25.9 Å². The molecule has 68 valence electrons. The second-order valence-corrected chi connectivity index (χ2v) is 3.55. The van der Waals surface area contributed by atoms with Gasteiger partial charge in [-0.15, -0.1) is 11.3 Å². The lowest BCUT2D eigenvalue weighted by molar-refractivity contribution is 0.283. The molecule has 0 aliphatic heterocycles. The number of nitrogens with zero attached hydrogens (tertiary/aromatic N) is 1. The van der Waals surface area contributed by atoms with Crippen molar-refractivity contribution in [1.82, 2.24) is 10.3 Å². The summed E-state index contributed by atoms with van der Waals surface area (Å²) in [5, 5.41) is 11.8. The Labute approximate surface area is 76.5 Å². The van der Waals surface area contributed by atoms with Crippen LogP contribution in [0.1, 0.15) is 17.7 Å². The van der Waals surface area contributed by atoms with Crippen LogP contribution in [0.3, 0.4) is 0 Å². The van der Waals surface area contributed by atoms with Crippen molar-refractivity contribution in [3.63, 3.8) is 0 Å². The molecule has 1 rings (SSSR count). The minimum atomic E-state index is 0.294. The Kier molecular flexibility index (Phi) is 4.91. The Morgan fingerprint density at radius 3 is 3.08 bits per heavy atom. The summed E-state index contributed by atoms with van der Waals surface area (Å²) in [5.41, 5.74) is 1.84. The average Bonchev–Trinajstić information content (AvgIpc) is 2.57. The summed E-state index contributed by atoms with van der Waals surface area (Å²) in [5.74, 6) is 0. The average molecular weight is 186 g/mol. The Hall–Kier alpha value is -0.450. The van der Waals surface area contributed by atoms with E-state index < -0.39 is 0 Å². The number of hydrogen-bond acceptors (Lipinski definition) is 4. The molecule has 12 heavy (non-hydrogen) atoms. The molecular formula is C8H14N2OS. The van der Waals surface area contributed by atoms with Gasteiger partial charge in [0.2, 0.25) is 0 Å². The molecule has 0 radical (unpaired) electrons. The van der Waals surface area contributed by atoms with E-state index in [9.17, 15) is 0 Å². The predicted molar refractivity (Wildman–Crippen MR) is 50.1 cm³/mol. The van der Waals surface area contributed by atoms with Gasteiger partial charge in [0.05, 0.1) is 5.51 Å². The number of nitrogens with one attached hydrogen (secondary N) is 1. The molecule has 0 aliphatic rings. The van der Waals surface area contributed by atoms with Crippen LogP contribution in [0, 0.1) is 0 Å². The van der Waals surface area contributed by atoms with Gasteiger partial charge in [0.25, 0.3) is 0 Å². The molecular weight excluding hydrogens is 172 g/mol. The van der Waals surface area contributed by atoms with E-state index in [1.807, 2.05) is 11.7 Å². The van der Waals surface area contributed by atoms with Gasteiger partial charge in [0, 0.05) is 24.2 Å². The van der Waals surface area contributed by atoms with Crippen molar-refractivity contribution in [2.24, 2.45) is 0 Å². The summed E-state index contributed by atoms with van der Waals surface area (Å²) in [6.45, 7) is 2.16. The fraction of sp³-hybridized carbons (Fsp3) is 0.625. The topological polar surface area (TPSA) is 45.1 Å². The number of aliphatic hydroxyl groups excluding tert-OH is 1. The summed E-state index contributed by atoms with van der Waals surface area (Å²) in [6.07, 6.45) is 3.80. The standard InChI is InChI=1S/C8H14N2OS/c11-4-2-1-3-9-5-8-6-10-7-12-8/h6-7,9,11H,1-5H2. The first-order chi connectivity index (χ1) is 5.93. The lowest BCUT2D eigenvalue weighted by Gasteiger charge is -2.00. The molecule has 1 aromatic heterocycles. The van der Waals surface area contributed by atoms with Gasteiger partial charge in [0.1, 0.15) is 0 Å². The first-order valence-corrected chi connectivity index (χ1v) is 5.00. The quantitative estimate of drug-likeness (QED) is 0.652. The monoisotopic (exact) mass is 186 g/mol. The predicted octanol–water partition coefficient (Wildman–Crippen LogP) is 1.01. The van der Waals surface area contributed by atoms with Gasteiger partial charge in [-0.1, -0.05) is 0 Å². The zero-order valence-electron chi connectivity index (χ0n) is 6.99. The summed E-state index contributed by atoms with van der Waals surface area (Å²) < 4.78 is 0. The molecule has 0 saturated heterocycles. The highest BCUT2D eigenvalue weighted by atomic mass is 32.1. The lowest BCUT2D eigenvalue weighted by atomic mass is 10.3. The molecule has 0 unspecified atom stereocenters. The van der Waals surface area contributed by atoms with Gasteiger partial charge in [-0.3, -0.25) is 4.98 Å². The molecule has 0 fully saturated rings. The second kappa shape index (κ2) is 6.11. The summed E-state index contributed by atoms with van der Waals surface area (Å²) in [6, 6.07) is 0. The highest BCUT2D eigenvalue weighted by Gasteiger charge is 1.92. The Bertz CT molecular complexity index is 189. The fourth-order valence-electron chi connectivity index (χ4n) is 0.903. The summed E-state index contributed by atoms with van der Waals surface area (Å²) in [4.78, 5) is 5.24. The van der Waals surface area contributed by atoms with E-state index >= 15 is 0 Å². The van der Waals surface area contributed by atoms with E-state index in [4.69, 9.17) is 5.11 Å². The summed E-state index contributed by atoms with van der Waals surface area (Å²) >= 11 is 1.66. The third-order valence-corrected chi connectivity index (χ3v) is 2.32. The van der Waals surface area contributed by atoms with Crippen LogP contribution < -0.4 is 5.32 Å². The van der Waals surface area contributed by atoms with E-state index in [2.05, 4.69) is 10.3 Å². The zero-order chi connectivity index (χ0) is 8.65. The third-order valence-electron chi connectivity index (χ3n) is 1.54. The van der Waals surface area contributed by atoms with Gasteiger partial charge >= 0.3 is 0 Å². The molecule has 0 saturated carbocycles. The largest absolute Gasteiger partial charge is 0.396 e. The van der Waals surface area contributed by atoms with Crippen LogP contribution in [-0.4, -0.2) is 23.2 Å². The van der Waals surface area contributed by atoms with Crippen LogP contribution in [0.4, 0.5) is 0 Å². The molecule has 0 atom stereocenters. The highest BCUT2D eigenvalue weighted by molar-refractivity contribution is 7.09. The number of unbranched alkanes of at least 4 members (excludes halogenated alkanes) is 1. The Balaban J connectivity index is 1.96. The zero-order valence-corrected chi connectivity index (χ0v) is 7.81. The van der Waals surface area contributed by atoms with E-state index in [-0.39, 0.29) is 0 Å². The van der Waals surface area contributed by atoms with E-state index in [0.29, 0.717) is 6.61 Å². The molecule has 1 aromatic rings. The van der Waals surface area contributed by atoms with Crippen LogP contribution in [0.15, 0.2) is 11.7 Å². The van der Waals surface area contributed by atoms with Crippen molar-refractivity contribution in [3.05, 3.63) is 16.6 Å². The molecule has 0 aromatic carbocycles. The molecule has 0 aliphatic carbocycles.